The van der Waals surface area contributed by atoms with Crippen LogP contribution in [0.1, 0.15) is 28.8 Å². The quantitative estimate of drug-likeness (QED) is 0.644. The first-order chi connectivity index (χ1) is 12.9. The topological polar surface area (TPSA) is 107 Å². The first-order valence-electron chi connectivity index (χ1n) is 8.13. The van der Waals surface area contributed by atoms with Crippen molar-refractivity contribution in [2.75, 3.05) is 13.9 Å². The molecule has 3 amide bonds. The largest absolute Gasteiger partial charge is 0.463 e. The zero-order valence-electron chi connectivity index (χ0n) is 14.6. The van der Waals surface area contributed by atoms with E-state index < -0.39 is 23.4 Å². The fourth-order valence-electron chi connectivity index (χ4n) is 3.07. The number of fused-ring (bicyclic) bond motifs is 1. The van der Waals surface area contributed by atoms with Gasteiger partial charge in [-0.2, -0.15) is 0 Å². The van der Waals surface area contributed by atoms with Gasteiger partial charge in [-0.15, -0.1) is 0 Å². The molecule has 0 saturated carbocycles. The molecule has 2 aliphatic heterocycles. The average Bonchev–Trinajstić information content (AvgIpc) is 3.36. The number of furan rings is 1. The van der Waals surface area contributed by atoms with Crippen LogP contribution < -0.4 is 14.8 Å². The predicted molar refractivity (Wildman–Crippen MR) is 89.0 cm³/mol. The Hall–Kier alpha value is -3.49. The Labute approximate surface area is 153 Å². The van der Waals surface area contributed by atoms with E-state index in [0.717, 1.165) is 4.90 Å². The first kappa shape index (κ1) is 17.0. The molecule has 1 N–H and O–H groups in total. The van der Waals surface area contributed by atoms with Crippen molar-refractivity contribution in [2.45, 2.75) is 19.0 Å². The van der Waals surface area contributed by atoms with Crippen LogP contribution in [0.5, 0.6) is 11.5 Å². The van der Waals surface area contributed by atoms with E-state index in [-0.39, 0.29) is 24.9 Å². The van der Waals surface area contributed by atoms with Crippen molar-refractivity contribution in [2.24, 2.45) is 0 Å². The van der Waals surface area contributed by atoms with E-state index >= 15 is 0 Å². The number of rotatable bonds is 4. The smallest absolute Gasteiger partial charge is 0.373 e. The molecule has 2 aromatic rings. The molecule has 140 valence electrons. The van der Waals surface area contributed by atoms with Crippen LogP contribution in [-0.2, 0) is 21.6 Å². The molecule has 0 spiro atoms. The van der Waals surface area contributed by atoms with Crippen LogP contribution in [0.4, 0.5) is 4.79 Å². The summed E-state index contributed by atoms with van der Waals surface area (Å²) in [7, 11) is 1.23. The van der Waals surface area contributed by atoms with Crippen molar-refractivity contribution in [1.29, 1.82) is 0 Å². The maximum Gasteiger partial charge on any atom is 0.373 e. The summed E-state index contributed by atoms with van der Waals surface area (Å²) < 4.78 is 20.5. The van der Waals surface area contributed by atoms with Crippen LogP contribution in [0.25, 0.3) is 0 Å². The van der Waals surface area contributed by atoms with Gasteiger partial charge < -0.3 is 23.9 Å². The van der Waals surface area contributed by atoms with Crippen molar-refractivity contribution in [3.63, 3.8) is 0 Å². The second-order valence-corrected chi connectivity index (χ2v) is 6.27. The Morgan fingerprint density at radius 1 is 1.22 bits per heavy atom. The molecule has 1 aromatic carbocycles. The molecule has 0 bridgehead atoms. The molecule has 1 fully saturated rings. The number of imide groups is 1. The van der Waals surface area contributed by atoms with Crippen molar-refractivity contribution in [3.05, 3.63) is 47.4 Å². The maximum absolute atomic E-state index is 13.0. The van der Waals surface area contributed by atoms with Crippen LogP contribution in [0.3, 0.4) is 0 Å². The third kappa shape index (κ3) is 2.67. The van der Waals surface area contributed by atoms with E-state index in [0.29, 0.717) is 17.1 Å². The molecule has 1 aromatic heterocycles. The number of benzene rings is 1. The molecule has 9 nitrogen and oxygen atoms in total. The highest BCUT2D eigenvalue weighted by Crippen LogP contribution is 2.38. The maximum atomic E-state index is 13.0. The zero-order chi connectivity index (χ0) is 19.2. The van der Waals surface area contributed by atoms with Gasteiger partial charge in [-0.05, 0) is 36.8 Å². The molecule has 1 atom stereocenters. The summed E-state index contributed by atoms with van der Waals surface area (Å²) in [6.07, 6.45) is 0. The van der Waals surface area contributed by atoms with Gasteiger partial charge in [-0.1, -0.05) is 6.07 Å². The van der Waals surface area contributed by atoms with Crippen molar-refractivity contribution < 1.29 is 33.0 Å². The number of urea groups is 1. The summed E-state index contributed by atoms with van der Waals surface area (Å²) in [5, 5.41) is 2.71. The van der Waals surface area contributed by atoms with E-state index in [1.165, 1.54) is 19.2 Å². The number of hydrogen-bond donors (Lipinski definition) is 1. The van der Waals surface area contributed by atoms with Crippen LogP contribution in [-0.4, -0.2) is 36.7 Å². The van der Waals surface area contributed by atoms with E-state index in [1.807, 2.05) is 0 Å². The Balaban J connectivity index is 1.58. The van der Waals surface area contributed by atoms with Crippen LogP contribution >= 0.6 is 0 Å². The SMILES string of the molecule is COC(=O)c1ccc(CN2C(=O)N[C@@](C)(c3ccc4c(c3)OCO4)C2=O)o1. The Morgan fingerprint density at radius 2 is 2.00 bits per heavy atom. The number of carbonyl (C=O) groups is 3. The molecule has 2 aliphatic rings. The second-order valence-electron chi connectivity index (χ2n) is 6.27. The lowest BCUT2D eigenvalue weighted by Crippen LogP contribution is -2.40. The number of hydrogen-bond acceptors (Lipinski definition) is 7. The molecule has 0 unspecified atom stereocenters. The summed E-state index contributed by atoms with van der Waals surface area (Å²) in [6.45, 7) is 1.62. The van der Waals surface area contributed by atoms with Crippen LogP contribution in [0.2, 0.25) is 0 Å². The van der Waals surface area contributed by atoms with Gasteiger partial charge in [0.05, 0.1) is 13.7 Å². The van der Waals surface area contributed by atoms with Crippen LogP contribution in [0, 0.1) is 0 Å². The van der Waals surface area contributed by atoms with E-state index in [1.54, 1.807) is 25.1 Å². The summed E-state index contributed by atoms with van der Waals surface area (Å²) in [5.74, 6) is 0.308. The Bertz CT molecular complexity index is 951. The normalized spacial score (nSPS) is 20.7. The van der Waals surface area contributed by atoms with Gasteiger partial charge in [0.1, 0.15) is 11.3 Å². The monoisotopic (exact) mass is 372 g/mol. The highest BCUT2D eigenvalue weighted by molar-refractivity contribution is 6.07. The molecule has 9 heteroatoms. The van der Waals surface area contributed by atoms with Gasteiger partial charge in [-0.25, -0.2) is 9.59 Å². The van der Waals surface area contributed by atoms with Gasteiger partial charge in [0.15, 0.2) is 11.5 Å². The third-order valence-electron chi connectivity index (χ3n) is 4.59. The highest BCUT2D eigenvalue weighted by atomic mass is 16.7. The van der Waals surface area contributed by atoms with Gasteiger partial charge in [-0.3, -0.25) is 9.69 Å². The fourth-order valence-corrected chi connectivity index (χ4v) is 3.07. The molecule has 4 rings (SSSR count). The molecular formula is C18H16N2O7. The molecule has 1 saturated heterocycles. The predicted octanol–water partition coefficient (Wildman–Crippen LogP) is 1.76. The minimum atomic E-state index is -1.25. The first-order valence-corrected chi connectivity index (χ1v) is 8.13. The number of amides is 3. The minimum Gasteiger partial charge on any atom is -0.463 e. The molecular weight excluding hydrogens is 356 g/mol. The van der Waals surface area contributed by atoms with Gasteiger partial charge in [0, 0.05) is 0 Å². The molecule has 27 heavy (non-hydrogen) atoms. The average molecular weight is 372 g/mol. The number of esters is 1. The number of nitrogens with one attached hydrogen (secondary N) is 1. The minimum absolute atomic E-state index is 0.00177. The van der Waals surface area contributed by atoms with Gasteiger partial charge >= 0.3 is 12.0 Å². The number of methoxy groups -OCH3 is 1. The van der Waals surface area contributed by atoms with E-state index in [2.05, 4.69) is 10.1 Å². The lowest BCUT2D eigenvalue weighted by atomic mass is 9.91. The number of nitrogens with zero attached hydrogens (tertiary/aromatic N) is 1. The van der Waals surface area contributed by atoms with Crippen molar-refractivity contribution in [3.8, 4) is 11.5 Å². The Morgan fingerprint density at radius 3 is 2.78 bits per heavy atom. The van der Waals surface area contributed by atoms with Gasteiger partial charge in [0.2, 0.25) is 12.6 Å². The summed E-state index contributed by atoms with van der Waals surface area (Å²) >= 11 is 0. The van der Waals surface area contributed by atoms with Crippen LogP contribution in [0.15, 0.2) is 34.7 Å². The lowest BCUT2D eigenvalue weighted by Gasteiger charge is -2.22. The van der Waals surface area contributed by atoms with Gasteiger partial charge in [0.25, 0.3) is 5.91 Å². The number of carbonyl (C=O) groups excluding carboxylic acids is 3. The summed E-state index contributed by atoms with van der Waals surface area (Å²) in [5.41, 5.74) is -0.683. The second kappa shape index (κ2) is 6.04. The zero-order valence-corrected chi connectivity index (χ0v) is 14.6. The summed E-state index contributed by atoms with van der Waals surface area (Å²) in [6, 6.07) is 7.46. The highest BCUT2D eigenvalue weighted by Gasteiger charge is 2.49. The van der Waals surface area contributed by atoms with Crippen molar-refractivity contribution in [1.82, 2.24) is 10.2 Å². The Kier molecular flexibility index (Phi) is 3.79. The molecule has 0 aliphatic carbocycles. The van der Waals surface area contributed by atoms with Crippen molar-refractivity contribution >= 4 is 17.9 Å². The fraction of sp³-hybridized carbons (Fsp3) is 0.278. The standard InChI is InChI=1S/C18H16N2O7/c1-18(10-3-5-12-14(7-10)26-9-25-12)16(22)20(17(23)19-18)8-11-4-6-13(27-11)15(21)24-2/h3-7H,8-9H2,1-2H3,(H,19,23)/t18-/m0/s1. The molecule has 0 radical (unpaired) electrons. The third-order valence-corrected chi connectivity index (χ3v) is 4.59. The number of ether oxygens (including phenoxy) is 3. The van der Waals surface area contributed by atoms with E-state index in [9.17, 15) is 14.4 Å². The lowest BCUT2D eigenvalue weighted by molar-refractivity contribution is -0.131. The van der Waals surface area contributed by atoms with E-state index in [4.69, 9.17) is 13.9 Å². The summed E-state index contributed by atoms with van der Waals surface area (Å²) in [4.78, 5) is 37.9. The molecule has 3 heterocycles.